The second-order valence-electron chi connectivity index (χ2n) is 7.70. The van der Waals surface area contributed by atoms with Crippen LogP contribution in [0.15, 0.2) is 53.6 Å². The van der Waals surface area contributed by atoms with Gasteiger partial charge in [-0.2, -0.15) is 0 Å². The molecule has 0 radical (unpaired) electrons. The van der Waals surface area contributed by atoms with Crippen LogP contribution in [0.5, 0.6) is 5.75 Å². The molecule has 0 bridgehead atoms. The van der Waals surface area contributed by atoms with Crippen LogP contribution in [0.3, 0.4) is 0 Å². The molecule has 3 aromatic rings. The molecule has 1 aliphatic rings. The van der Waals surface area contributed by atoms with Gasteiger partial charge >= 0.3 is 0 Å². The number of hydrogen-bond acceptors (Lipinski definition) is 4. The number of ether oxygens (including phenoxy) is 1. The van der Waals surface area contributed by atoms with E-state index in [2.05, 4.69) is 21.8 Å². The van der Waals surface area contributed by atoms with E-state index in [0.29, 0.717) is 22.8 Å². The van der Waals surface area contributed by atoms with Gasteiger partial charge in [0.15, 0.2) is 5.82 Å². The monoisotopic (exact) mass is 439 g/mol. The van der Waals surface area contributed by atoms with Crippen LogP contribution < -0.4 is 10.3 Å². The largest absolute Gasteiger partial charge is 0.485 e. The van der Waals surface area contributed by atoms with E-state index in [1.54, 1.807) is 44.4 Å². The quantitative estimate of drug-likeness (QED) is 0.557. The van der Waals surface area contributed by atoms with Crippen molar-refractivity contribution in [3.05, 3.63) is 87.6 Å². The van der Waals surface area contributed by atoms with Crippen molar-refractivity contribution in [3.8, 4) is 17.6 Å². The van der Waals surface area contributed by atoms with Gasteiger partial charge in [-0.15, -0.1) is 0 Å². The Balaban J connectivity index is 1.52. The van der Waals surface area contributed by atoms with Crippen molar-refractivity contribution in [2.24, 2.45) is 5.92 Å². The van der Waals surface area contributed by atoms with Gasteiger partial charge in [-0.1, -0.05) is 17.9 Å². The molecule has 1 saturated carbocycles. The third-order valence-corrected chi connectivity index (χ3v) is 5.29. The van der Waals surface area contributed by atoms with E-state index in [1.807, 2.05) is 0 Å². The number of hydrogen-bond donors (Lipinski definition) is 0. The second kappa shape index (κ2) is 8.50. The Morgan fingerprint density at radius 1 is 1.25 bits per heavy atom. The molecule has 0 spiro atoms. The summed E-state index contributed by atoms with van der Waals surface area (Å²) in [7, 11) is 0. The third-order valence-electron chi connectivity index (χ3n) is 5.29. The number of benzene rings is 1. The van der Waals surface area contributed by atoms with Gasteiger partial charge in [0.2, 0.25) is 0 Å². The van der Waals surface area contributed by atoms with Crippen molar-refractivity contribution in [2.45, 2.75) is 38.8 Å². The fourth-order valence-electron chi connectivity index (χ4n) is 3.39. The van der Waals surface area contributed by atoms with Crippen LogP contribution >= 0.6 is 0 Å². The van der Waals surface area contributed by atoms with Gasteiger partial charge < -0.3 is 9.30 Å². The topological polar surface area (TPSA) is 57.0 Å². The van der Waals surface area contributed by atoms with E-state index in [9.17, 15) is 18.0 Å². The number of aromatic nitrogens is 3. The van der Waals surface area contributed by atoms with E-state index < -0.39 is 23.7 Å². The summed E-state index contributed by atoms with van der Waals surface area (Å²) in [4.78, 5) is 20.9. The first kappa shape index (κ1) is 21.6. The predicted molar refractivity (Wildman–Crippen MR) is 112 cm³/mol. The Bertz CT molecular complexity index is 1260. The maximum Gasteiger partial charge on any atom is 0.263 e. The first-order valence-electron chi connectivity index (χ1n) is 10.1. The summed E-state index contributed by atoms with van der Waals surface area (Å²) >= 11 is 0. The molecule has 0 N–H and O–H groups in total. The lowest BCUT2D eigenvalue weighted by atomic mass is 10.0. The summed E-state index contributed by atoms with van der Waals surface area (Å²) in [5.41, 5.74) is 0.942. The Morgan fingerprint density at radius 2 is 1.97 bits per heavy atom. The van der Waals surface area contributed by atoms with Crippen LogP contribution in [0, 0.1) is 30.5 Å². The predicted octanol–water partition coefficient (Wildman–Crippen LogP) is 4.28. The summed E-state index contributed by atoms with van der Waals surface area (Å²) in [6.45, 7) is 3.66. The highest BCUT2D eigenvalue weighted by Crippen LogP contribution is 2.48. The van der Waals surface area contributed by atoms with Crippen molar-refractivity contribution in [1.82, 2.24) is 14.5 Å². The number of pyridine rings is 1. The lowest BCUT2D eigenvalue weighted by Crippen LogP contribution is -2.25. The summed E-state index contributed by atoms with van der Waals surface area (Å²) in [5, 5.41) is 0. The van der Waals surface area contributed by atoms with Gasteiger partial charge in [-0.3, -0.25) is 4.79 Å². The van der Waals surface area contributed by atoms with Gasteiger partial charge in [0.25, 0.3) is 11.5 Å². The Morgan fingerprint density at radius 3 is 2.59 bits per heavy atom. The lowest BCUT2D eigenvalue weighted by molar-refractivity contribution is 0.109. The molecule has 1 aliphatic carbocycles. The standard InChI is InChI=1S/C24H20F3N3O2/c1-15-10-20(32-14-22-28-8-3-9-29-22)12-23(31)30(15)16(2)18-5-4-17(21(25)11-18)6-7-19-13-24(19,26)27/h3-5,8-12,16,19H,13-14H2,1-2H3. The molecular formula is C24H20F3N3O2. The zero-order chi connectivity index (χ0) is 22.9. The van der Waals surface area contributed by atoms with Gasteiger partial charge in [0.1, 0.15) is 18.2 Å². The fraction of sp³-hybridized carbons (Fsp3) is 0.292. The molecule has 1 fully saturated rings. The van der Waals surface area contributed by atoms with E-state index in [1.165, 1.54) is 22.8 Å². The first-order chi connectivity index (χ1) is 15.2. The number of rotatable bonds is 5. The van der Waals surface area contributed by atoms with Crippen LogP contribution in [-0.2, 0) is 6.61 Å². The molecule has 1 aromatic carbocycles. The molecule has 2 atom stereocenters. The molecule has 0 aliphatic heterocycles. The van der Waals surface area contributed by atoms with Crippen molar-refractivity contribution < 1.29 is 17.9 Å². The molecule has 164 valence electrons. The van der Waals surface area contributed by atoms with Crippen LogP contribution in [-0.4, -0.2) is 20.5 Å². The summed E-state index contributed by atoms with van der Waals surface area (Å²) in [5.74, 6) is 1.41. The van der Waals surface area contributed by atoms with Crippen LogP contribution in [0.25, 0.3) is 0 Å². The molecule has 4 rings (SSSR count). The van der Waals surface area contributed by atoms with Crippen molar-refractivity contribution >= 4 is 0 Å². The number of halogens is 3. The Kier molecular flexibility index (Phi) is 5.74. The number of nitrogens with zero attached hydrogens (tertiary/aromatic N) is 3. The molecule has 32 heavy (non-hydrogen) atoms. The average molecular weight is 439 g/mol. The summed E-state index contributed by atoms with van der Waals surface area (Å²) in [6.07, 6.45) is 2.93. The smallest absolute Gasteiger partial charge is 0.263 e. The van der Waals surface area contributed by atoms with Crippen LogP contribution in [0.2, 0.25) is 0 Å². The Labute approximate surface area is 182 Å². The normalized spacial score (nSPS) is 17.2. The fourth-order valence-corrected chi connectivity index (χ4v) is 3.39. The molecule has 0 saturated heterocycles. The number of alkyl halides is 2. The molecule has 2 aromatic heterocycles. The van der Waals surface area contributed by atoms with Crippen molar-refractivity contribution in [1.29, 1.82) is 0 Å². The minimum atomic E-state index is -2.76. The van der Waals surface area contributed by atoms with Crippen LogP contribution in [0.1, 0.15) is 42.0 Å². The Hall–Kier alpha value is -3.60. The van der Waals surface area contributed by atoms with Crippen molar-refractivity contribution in [3.63, 3.8) is 0 Å². The average Bonchev–Trinajstić information content (AvgIpc) is 3.37. The zero-order valence-corrected chi connectivity index (χ0v) is 17.5. The number of aryl methyl sites for hydroxylation is 1. The molecular weight excluding hydrogens is 419 g/mol. The summed E-state index contributed by atoms with van der Waals surface area (Å²) < 4.78 is 47.6. The minimum Gasteiger partial charge on any atom is -0.485 e. The van der Waals surface area contributed by atoms with Gasteiger partial charge in [0.05, 0.1) is 17.5 Å². The van der Waals surface area contributed by atoms with Gasteiger partial charge in [0, 0.05) is 30.6 Å². The SMILES string of the molecule is Cc1cc(OCc2ncccn2)cc(=O)n1C(C)c1ccc(C#CC2CC2(F)F)c(F)c1. The highest BCUT2D eigenvalue weighted by Gasteiger charge is 2.56. The highest BCUT2D eigenvalue weighted by atomic mass is 19.3. The van der Waals surface area contributed by atoms with E-state index in [0.717, 1.165) is 0 Å². The maximum atomic E-state index is 14.5. The molecule has 2 unspecified atom stereocenters. The van der Waals surface area contributed by atoms with E-state index >= 15 is 0 Å². The zero-order valence-electron chi connectivity index (χ0n) is 17.5. The minimum absolute atomic E-state index is 0.0552. The third kappa shape index (κ3) is 4.67. The van der Waals surface area contributed by atoms with Crippen molar-refractivity contribution in [2.75, 3.05) is 0 Å². The molecule has 8 heteroatoms. The van der Waals surface area contributed by atoms with E-state index in [-0.39, 0.29) is 24.2 Å². The van der Waals surface area contributed by atoms with Crippen LogP contribution in [0.4, 0.5) is 13.2 Å². The van der Waals surface area contributed by atoms with Gasteiger partial charge in [-0.05, 0) is 43.7 Å². The van der Waals surface area contributed by atoms with E-state index in [4.69, 9.17) is 4.74 Å². The summed E-state index contributed by atoms with van der Waals surface area (Å²) in [6, 6.07) is 8.69. The molecule has 5 nitrogen and oxygen atoms in total. The maximum absolute atomic E-state index is 14.5. The highest BCUT2D eigenvalue weighted by molar-refractivity contribution is 5.40. The van der Waals surface area contributed by atoms with Gasteiger partial charge in [-0.25, -0.2) is 23.1 Å². The second-order valence-corrected chi connectivity index (χ2v) is 7.70. The molecule has 0 amide bonds. The lowest BCUT2D eigenvalue weighted by Gasteiger charge is -2.19. The molecule has 2 heterocycles. The first-order valence-corrected chi connectivity index (χ1v) is 10.1.